The number of fused-ring (bicyclic) bond motifs is 1. The van der Waals surface area contributed by atoms with Gasteiger partial charge in [-0.2, -0.15) is 0 Å². The summed E-state index contributed by atoms with van der Waals surface area (Å²) < 4.78 is 27.4. The molecular formula is C15H14N4O3S. The van der Waals surface area contributed by atoms with Crippen LogP contribution in [0.1, 0.15) is 10.5 Å². The molecule has 23 heavy (non-hydrogen) atoms. The molecule has 2 heterocycles. The van der Waals surface area contributed by atoms with Crippen LogP contribution < -0.4 is 10.0 Å². The van der Waals surface area contributed by atoms with E-state index < -0.39 is 10.0 Å². The number of hydrogen-bond acceptors (Lipinski definition) is 4. The van der Waals surface area contributed by atoms with Crippen molar-refractivity contribution < 1.29 is 13.2 Å². The number of benzene rings is 1. The number of anilines is 1. The molecule has 0 unspecified atom stereocenters. The van der Waals surface area contributed by atoms with E-state index in [9.17, 15) is 13.2 Å². The summed E-state index contributed by atoms with van der Waals surface area (Å²) in [4.78, 5) is 16.5. The first kappa shape index (κ1) is 15.2. The Labute approximate surface area is 133 Å². The minimum atomic E-state index is -3.55. The summed E-state index contributed by atoms with van der Waals surface area (Å²) in [5.41, 5.74) is 1.35. The molecule has 0 aliphatic heterocycles. The molecule has 0 saturated carbocycles. The molecular weight excluding hydrogens is 316 g/mol. The van der Waals surface area contributed by atoms with Gasteiger partial charge in [0, 0.05) is 18.1 Å². The van der Waals surface area contributed by atoms with Crippen LogP contribution in [0.4, 0.5) is 5.69 Å². The fourth-order valence-electron chi connectivity index (χ4n) is 2.07. The summed E-state index contributed by atoms with van der Waals surface area (Å²) in [5.74, 6) is -0.363. The number of para-hydroxylation sites is 1. The molecule has 0 radical (unpaired) electrons. The monoisotopic (exact) mass is 330 g/mol. The second-order valence-electron chi connectivity index (χ2n) is 4.78. The minimum absolute atomic E-state index is 0.0971. The van der Waals surface area contributed by atoms with E-state index in [0.29, 0.717) is 11.3 Å². The van der Waals surface area contributed by atoms with Crippen LogP contribution in [0.15, 0.2) is 59.8 Å². The lowest BCUT2D eigenvalue weighted by molar-refractivity contribution is 0.102. The van der Waals surface area contributed by atoms with E-state index in [1.54, 1.807) is 18.2 Å². The predicted molar refractivity (Wildman–Crippen MR) is 85.8 cm³/mol. The van der Waals surface area contributed by atoms with Gasteiger partial charge < -0.3 is 9.72 Å². The Morgan fingerprint density at radius 2 is 1.83 bits per heavy atom. The van der Waals surface area contributed by atoms with Crippen LogP contribution in [0.2, 0.25) is 0 Å². The van der Waals surface area contributed by atoms with Crippen LogP contribution in [0.5, 0.6) is 0 Å². The number of rotatable bonds is 4. The van der Waals surface area contributed by atoms with Gasteiger partial charge in [0.05, 0.1) is 4.90 Å². The molecule has 2 N–H and O–H groups in total. The number of carbonyl (C=O) groups is 1. The van der Waals surface area contributed by atoms with Gasteiger partial charge in [-0.05, 0) is 31.3 Å². The molecule has 7 nitrogen and oxygen atoms in total. The molecule has 0 saturated heterocycles. The SMILES string of the molecule is CNS(=O)(=O)c1ccc2nc(C(=O)Nc3ccccc3)cn2c1. The van der Waals surface area contributed by atoms with Crippen molar-refractivity contribution in [3.05, 3.63) is 60.6 Å². The van der Waals surface area contributed by atoms with Crippen molar-refractivity contribution in [1.29, 1.82) is 0 Å². The van der Waals surface area contributed by atoms with Gasteiger partial charge in [-0.3, -0.25) is 4.79 Å². The maximum atomic E-state index is 12.2. The summed E-state index contributed by atoms with van der Waals surface area (Å²) in [5, 5.41) is 2.73. The lowest BCUT2D eigenvalue weighted by Crippen LogP contribution is -2.18. The molecule has 0 spiro atoms. The highest BCUT2D eigenvalue weighted by Crippen LogP contribution is 2.13. The largest absolute Gasteiger partial charge is 0.321 e. The third-order valence-corrected chi connectivity index (χ3v) is 4.67. The molecule has 3 rings (SSSR count). The first-order chi connectivity index (χ1) is 11.0. The Hall–Kier alpha value is -2.71. The first-order valence-corrected chi connectivity index (χ1v) is 8.26. The van der Waals surface area contributed by atoms with Crippen LogP contribution in [0, 0.1) is 0 Å². The number of imidazole rings is 1. The summed E-state index contributed by atoms with van der Waals surface area (Å²) >= 11 is 0. The van der Waals surface area contributed by atoms with Crippen molar-refractivity contribution in [1.82, 2.24) is 14.1 Å². The maximum Gasteiger partial charge on any atom is 0.275 e. The number of hydrogen-bond donors (Lipinski definition) is 2. The Balaban J connectivity index is 1.92. The maximum absolute atomic E-state index is 12.2. The number of nitrogens with one attached hydrogen (secondary N) is 2. The number of aromatic nitrogens is 2. The number of carbonyl (C=O) groups excluding carboxylic acids is 1. The fourth-order valence-corrected chi connectivity index (χ4v) is 2.81. The van der Waals surface area contributed by atoms with Gasteiger partial charge in [-0.15, -0.1) is 0 Å². The van der Waals surface area contributed by atoms with Crippen LogP contribution in [0.3, 0.4) is 0 Å². The van der Waals surface area contributed by atoms with Crippen molar-refractivity contribution in [2.45, 2.75) is 4.90 Å². The van der Waals surface area contributed by atoms with Crippen LogP contribution in [-0.4, -0.2) is 30.8 Å². The molecule has 1 aromatic carbocycles. The van der Waals surface area contributed by atoms with Crippen LogP contribution >= 0.6 is 0 Å². The summed E-state index contributed by atoms with van der Waals surface area (Å²) in [7, 11) is -2.21. The third-order valence-electron chi connectivity index (χ3n) is 3.27. The zero-order valence-electron chi connectivity index (χ0n) is 12.2. The third kappa shape index (κ3) is 3.08. The van der Waals surface area contributed by atoms with Gasteiger partial charge in [0.15, 0.2) is 0 Å². The van der Waals surface area contributed by atoms with Crippen molar-refractivity contribution in [3.63, 3.8) is 0 Å². The number of nitrogens with zero attached hydrogens (tertiary/aromatic N) is 2. The average Bonchev–Trinajstić information content (AvgIpc) is 2.99. The highest BCUT2D eigenvalue weighted by Gasteiger charge is 2.15. The average molecular weight is 330 g/mol. The Kier molecular flexibility index (Phi) is 3.85. The molecule has 0 atom stereocenters. The predicted octanol–water partition coefficient (Wildman–Crippen LogP) is 1.49. The van der Waals surface area contributed by atoms with Crippen molar-refractivity contribution in [2.75, 3.05) is 12.4 Å². The second kappa shape index (κ2) is 5.82. The van der Waals surface area contributed by atoms with Crippen LogP contribution in [-0.2, 0) is 10.0 Å². The number of sulfonamides is 1. The Morgan fingerprint density at radius 3 is 2.52 bits per heavy atom. The molecule has 0 bridgehead atoms. The molecule has 2 aromatic heterocycles. The molecule has 0 fully saturated rings. The molecule has 0 aliphatic carbocycles. The fraction of sp³-hybridized carbons (Fsp3) is 0.0667. The molecule has 118 valence electrons. The van der Waals surface area contributed by atoms with E-state index in [4.69, 9.17) is 0 Å². The highest BCUT2D eigenvalue weighted by atomic mass is 32.2. The van der Waals surface area contributed by atoms with Gasteiger partial charge in [-0.25, -0.2) is 18.1 Å². The normalized spacial score (nSPS) is 11.5. The van der Waals surface area contributed by atoms with Gasteiger partial charge in [0.2, 0.25) is 10.0 Å². The summed E-state index contributed by atoms with van der Waals surface area (Å²) in [6.45, 7) is 0. The van der Waals surface area contributed by atoms with Crippen LogP contribution in [0.25, 0.3) is 5.65 Å². The van der Waals surface area contributed by atoms with Gasteiger partial charge in [0.25, 0.3) is 5.91 Å². The topological polar surface area (TPSA) is 92.6 Å². The van der Waals surface area contributed by atoms with Gasteiger partial charge >= 0.3 is 0 Å². The zero-order chi connectivity index (χ0) is 16.4. The Morgan fingerprint density at radius 1 is 1.09 bits per heavy atom. The molecule has 8 heteroatoms. The van der Waals surface area contributed by atoms with E-state index >= 15 is 0 Å². The number of amides is 1. The second-order valence-corrected chi connectivity index (χ2v) is 6.67. The van der Waals surface area contributed by atoms with Crippen molar-refractivity contribution >= 4 is 27.3 Å². The molecule has 3 aromatic rings. The van der Waals surface area contributed by atoms with E-state index in [0.717, 1.165) is 0 Å². The van der Waals surface area contributed by atoms with E-state index in [-0.39, 0.29) is 16.5 Å². The van der Waals surface area contributed by atoms with E-state index in [2.05, 4.69) is 15.0 Å². The smallest absolute Gasteiger partial charge is 0.275 e. The van der Waals surface area contributed by atoms with E-state index in [1.807, 2.05) is 18.2 Å². The quantitative estimate of drug-likeness (QED) is 0.758. The lowest BCUT2D eigenvalue weighted by atomic mass is 10.3. The number of pyridine rings is 1. The van der Waals surface area contributed by atoms with Crippen molar-refractivity contribution in [3.8, 4) is 0 Å². The van der Waals surface area contributed by atoms with Gasteiger partial charge in [-0.1, -0.05) is 18.2 Å². The first-order valence-electron chi connectivity index (χ1n) is 6.78. The molecule has 0 aliphatic rings. The summed E-state index contributed by atoms with van der Waals surface area (Å²) in [6.07, 6.45) is 2.90. The highest BCUT2D eigenvalue weighted by molar-refractivity contribution is 7.89. The van der Waals surface area contributed by atoms with Crippen molar-refractivity contribution in [2.24, 2.45) is 0 Å². The lowest BCUT2D eigenvalue weighted by Gasteiger charge is -2.02. The Bertz CT molecular complexity index is 965. The standard InChI is InChI=1S/C15H14N4O3S/c1-16-23(21,22)12-7-8-14-18-13(10-19(14)9-12)15(20)17-11-5-3-2-4-6-11/h2-10,16H,1H3,(H,17,20). The molecule has 1 amide bonds. The summed E-state index contributed by atoms with van der Waals surface area (Å²) in [6, 6.07) is 12.0. The zero-order valence-corrected chi connectivity index (χ0v) is 13.0. The van der Waals surface area contributed by atoms with E-state index in [1.165, 1.54) is 29.9 Å². The van der Waals surface area contributed by atoms with Gasteiger partial charge in [0.1, 0.15) is 11.3 Å². The minimum Gasteiger partial charge on any atom is -0.321 e.